The summed E-state index contributed by atoms with van der Waals surface area (Å²) >= 11 is 0. The van der Waals surface area contributed by atoms with Crippen molar-refractivity contribution in [3.8, 4) is 5.75 Å². The van der Waals surface area contributed by atoms with E-state index in [-0.39, 0.29) is 6.23 Å². The van der Waals surface area contributed by atoms with Crippen LogP contribution in [0.3, 0.4) is 0 Å². The molecule has 0 aliphatic carbocycles. The number of nitrogens with zero attached hydrogens (tertiary/aromatic N) is 1. The summed E-state index contributed by atoms with van der Waals surface area (Å²) < 4.78 is 11.4. The fourth-order valence-corrected chi connectivity index (χ4v) is 2.07. The lowest BCUT2D eigenvalue weighted by Crippen LogP contribution is -2.42. The van der Waals surface area contributed by atoms with E-state index in [1.165, 1.54) is 5.56 Å². The molecule has 74 valence electrons. The van der Waals surface area contributed by atoms with Gasteiger partial charge in [-0.3, -0.25) is 0 Å². The molecule has 2 aliphatic rings. The van der Waals surface area contributed by atoms with Gasteiger partial charge in [0.05, 0.1) is 6.61 Å². The Morgan fingerprint density at radius 3 is 3.21 bits per heavy atom. The van der Waals surface area contributed by atoms with Crippen molar-refractivity contribution in [2.75, 3.05) is 19.9 Å². The molecule has 1 aromatic rings. The monoisotopic (exact) mass is 191 g/mol. The van der Waals surface area contributed by atoms with E-state index in [2.05, 4.69) is 11.0 Å². The topological polar surface area (TPSA) is 21.7 Å². The largest absolute Gasteiger partial charge is 0.478 e. The van der Waals surface area contributed by atoms with Crippen molar-refractivity contribution < 1.29 is 9.47 Å². The minimum absolute atomic E-state index is 0.119. The molecule has 1 fully saturated rings. The zero-order valence-corrected chi connectivity index (χ0v) is 7.98. The van der Waals surface area contributed by atoms with Gasteiger partial charge in [-0.1, -0.05) is 18.2 Å². The van der Waals surface area contributed by atoms with Gasteiger partial charge in [0.25, 0.3) is 0 Å². The van der Waals surface area contributed by atoms with Crippen molar-refractivity contribution in [2.45, 2.75) is 12.6 Å². The summed E-state index contributed by atoms with van der Waals surface area (Å²) in [4.78, 5) is 2.23. The van der Waals surface area contributed by atoms with Crippen LogP contribution >= 0.6 is 0 Å². The first-order valence-corrected chi connectivity index (χ1v) is 5.02. The molecular formula is C11H13NO2. The molecule has 2 aliphatic heterocycles. The fourth-order valence-electron chi connectivity index (χ4n) is 2.07. The number of hydrogen-bond acceptors (Lipinski definition) is 3. The summed E-state index contributed by atoms with van der Waals surface area (Å²) in [6.07, 6.45) is 1.22. The summed E-state index contributed by atoms with van der Waals surface area (Å²) in [7, 11) is 0. The first-order chi connectivity index (χ1) is 6.95. The molecule has 3 nitrogen and oxygen atoms in total. The third-order valence-electron chi connectivity index (χ3n) is 2.77. The van der Waals surface area contributed by atoms with Crippen LogP contribution in [0.15, 0.2) is 24.3 Å². The lowest BCUT2D eigenvalue weighted by molar-refractivity contribution is -0.135. The molecule has 14 heavy (non-hydrogen) atoms. The lowest BCUT2D eigenvalue weighted by Gasteiger charge is -2.39. The minimum atomic E-state index is 0.119. The van der Waals surface area contributed by atoms with Crippen LogP contribution in [-0.2, 0) is 4.74 Å². The Kier molecular flexibility index (Phi) is 1.92. The third kappa shape index (κ3) is 1.21. The molecule has 1 atom stereocenters. The predicted octanol–water partition coefficient (Wildman–Crippen LogP) is 1.76. The first kappa shape index (κ1) is 8.26. The van der Waals surface area contributed by atoms with Gasteiger partial charge in [0.1, 0.15) is 18.7 Å². The second-order valence-corrected chi connectivity index (χ2v) is 3.70. The van der Waals surface area contributed by atoms with E-state index < -0.39 is 0 Å². The van der Waals surface area contributed by atoms with E-state index in [9.17, 15) is 0 Å². The first-order valence-electron chi connectivity index (χ1n) is 5.02. The maximum Gasteiger partial charge on any atom is 0.144 e. The number of ether oxygens (including phenoxy) is 2. The van der Waals surface area contributed by atoms with E-state index >= 15 is 0 Å². The normalized spacial score (nSPS) is 26.1. The lowest BCUT2D eigenvalue weighted by atomic mass is 10.1. The second-order valence-electron chi connectivity index (χ2n) is 3.70. The van der Waals surface area contributed by atoms with Crippen molar-refractivity contribution in [1.29, 1.82) is 0 Å². The zero-order chi connectivity index (χ0) is 9.38. The average Bonchev–Trinajstić information content (AvgIpc) is 2.29. The van der Waals surface area contributed by atoms with Gasteiger partial charge in [-0.15, -0.1) is 0 Å². The Balaban J connectivity index is 1.99. The molecule has 0 amide bonds. The van der Waals surface area contributed by atoms with Crippen molar-refractivity contribution in [3.05, 3.63) is 29.8 Å². The molecule has 1 unspecified atom stereocenters. The Labute approximate surface area is 83.2 Å². The highest BCUT2D eigenvalue weighted by Gasteiger charge is 2.30. The van der Waals surface area contributed by atoms with Crippen LogP contribution in [0, 0.1) is 0 Å². The molecule has 0 spiro atoms. The van der Waals surface area contributed by atoms with Crippen LogP contribution in [0.25, 0.3) is 0 Å². The summed E-state index contributed by atoms with van der Waals surface area (Å²) in [5.74, 6) is 0.968. The van der Waals surface area contributed by atoms with E-state index in [1.807, 2.05) is 18.2 Å². The Morgan fingerprint density at radius 1 is 1.29 bits per heavy atom. The van der Waals surface area contributed by atoms with Crippen molar-refractivity contribution in [2.24, 2.45) is 0 Å². The average molecular weight is 191 g/mol. The van der Waals surface area contributed by atoms with Crippen LogP contribution in [0.2, 0.25) is 0 Å². The van der Waals surface area contributed by atoms with Gasteiger partial charge < -0.3 is 9.47 Å². The highest BCUT2D eigenvalue weighted by Crippen LogP contribution is 2.36. The number of hydrogen-bond donors (Lipinski definition) is 0. The molecule has 2 heterocycles. The van der Waals surface area contributed by atoms with Crippen molar-refractivity contribution in [3.63, 3.8) is 0 Å². The molecule has 0 saturated carbocycles. The summed E-state index contributed by atoms with van der Waals surface area (Å²) in [5.41, 5.74) is 1.17. The van der Waals surface area contributed by atoms with Crippen LogP contribution in [0.4, 0.5) is 0 Å². The van der Waals surface area contributed by atoms with Crippen molar-refractivity contribution in [1.82, 2.24) is 4.90 Å². The molecule has 1 aromatic carbocycles. The minimum Gasteiger partial charge on any atom is -0.478 e. The number of fused-ring (bicyclic) bond motifs is 3. The molecule has 0 N–H and O–H groups in total. The van der Waals surface area contributed by atoms with Gasteiger partial charge in [0.15, 0.2) is 0 Å². The van der Waals surface area contributed by atoms with Crippen LogP contribution < -0.4 is 4.74 Å². The smallest absolute Gasteiger partial charge is 0.144 e. The fraction of sp³-hybridized carbons (Fsp3) is 0.455. The van der Waals surface area contributed by atoms with Crippen molar-refractivity contribution >= 4 is 0 Å². The van der Waals surface area contributed by atoms with E-state index in [0.29, 0.717) is 6.73 Å². The molecule has 3 heteroatoms. The van der Waals surface area contributed by atoms with Gasteiger partial charge in [0, 0.05) is 12.1 Å². The van der Waals surface area contributed by atoms with Crippen LogP contribution in [0.5, 0.6) is 5.75 Å². The second kappa shape index (κ2) is 3.26. The number of para-hydroxylation sites is 1. The van der Waals surface area contributed by atoms with E-state index in [4.69, 9.17) is 9.47 Å². The highest BCUT2D eigenvalue weighted by atomic mass is 16.5. The maximum absolute atomic E-state index is 5.75. The van der Waals surface area contributed by atoms with Gasteiger partial charge >= 0.3 is 0 Å². The SMILES string of the molecule is c1ccc2c(c1)OCN1CCCOC21. The quantitative estimate of drug-likeness (QED) is 0.623. The Morgan fingerprint density at radius 2 is 2.21 bits per heavy atom. The number of benzene rings is 1. The standard InChI is InChI=1S/C11H13NO2/c1-2-5-10-9(4-1)11-12(8-14-10)6-3-7-13-11/h1-2,4-5,11H,3,6-8H2. The Hall–Kier alpha value is -1.06. The summed E-state index contributed by atoms with van der Waals surface area (Å²) in [5, 5.41) is 0. The summed E-state index contributed by atoms with van der Waals surface area (Å²) in [6.45, 7) is 2.58. The molecule has 0 bridgehead atoms. The predicted molar refractivity (Wildman–Crippen MR) is 52.0 cm³/mol. The molecule has 3 rings (SSSR count). The molecule has 1 saturated heterocycles. The van der Waals surface area contributed by atoms with Crippen LogP contribution in [0.1, 0.15) is 18.2 Å². The molecular weight excluding hydrogens is 178 g/mol. The highest BCUT2D eigenvalue weighted by molar-refractivity contribution is 5.36. The van der Waals surface area contributed by atoms with Gasteiger partial charge in [-0.25, -0.2) is 4.90 Å². The van der Waals surface area contributed by atoms with E-state index in [0.717, 1.165) is 25.3 Å². The number of rotatable bonds is 0. The van der Waals surface area contributed by atoms with Gasteiger partial charge in [-0.05, 0) is 12.5 Å². The van der Waals surface area contributed by atoms with Crippen LogP contribution in [-0.4, -0.2) is 24.8 Å². The molecule has 0 aromatic heterocycles. The zero-order valence-electron chi connectivity index (χ0n) is 7.98. The van der Waals surface area contributed by atoms with Gasteiger partial charge in [0.2, 0.25) is 0 Å². The Bertz CT molecular complexity index is 340. The van der Waals surface area contributed by atoms with Gasteiger partial charge in [-0.2, -0.15) is 0 Å². The maximum atomic E-state index is 5.75. The summed E-state index contributed by atoms with van der Waals surface area (Å²) in [6, 6.07) is 8.11. The van der Waals surface area contributed by atoms with E-state index in [1.54, 1.807) is 0 Å². The third-order valence-corrected chi connectivity index (χ3v) is 2.77. The molecule has 0 radical (unpaired) electrons.